The Morgan fingerprint density at radius 2 is 1.80 bits per heavy atom. The summed E-state index contributed by atoms with van der Waals surface area (Å²) in [6, 6.07) is 7.43. The second kappa shape index (κ2) is 9.93. The van der Waals surface area contributed by atoms with E-state index in [0.717, 1.165) is 12.1 Å². The quantitative estimate of drug-likeness (QED) is 0.503. The second-order valence-corrected chi connectivity index (χ2v) is 13.4. The summed E-state index contributed by atoms with van der Waals surface area (Å²) in [7, 11) is -7.58. The molecule has 12 heteroatoms. The van der Waals surface area contributed by atoms with Crippen molar-refractivity contribution in [2.75, 3.05) is 25.5 Å². The third-order valence-corrected chi connectivity index (χ3v) is 11.0. The molecule has 192 valence electrons. The Morgan fingerprint density at radius 1 is 1.11 bits per heavy atom. The largest absolute Gasteiger partial charge is 0.490 e. The summed E-state index contributed by atoms with van der Waals surface area (Å²) in [6.07, 6.45) is 0.0358. The first-order valence-electron chi connectivity index (χ1n) is 11.2. The zero-order chi connectivity index (χ0) is 25.4. The summed E-state index contributed by atoms with van der Waals surface area (Å²) < 4.78 is 93.3. The van der Waals surface area contributed by atoms with Crippen molar-refractivity contribution in [3.63, 3.8) is 0 Å². The molecule has 0 amide bonds. The van der Waals surface area contributed by atoms with Crippen LogP contribution in [0.15, 0.2) is 41.3 Å². The number of fused-ring (bicyclic) bond motifs is 3. The molecule has 7 nitrogen and oxygen atoms in total. The number of hydrogen-bond acceptors (Lipinski definition) is 6. The van der Waals surface area contributed by atoms with Gasteiger partial charge in [0.05, 0.1) is 35.5 Å². The Balaban J connectivity index is 1.68. The molecule has 0 saturated heterocycles. The molecule has 1 N–H and O–H groups in total. The van der Waals surface area contributed by atoms with Gasteiger partial charge in [-0.05, 0) is 62.6 Å². The van der Waals surface area contributed by atoms with E-state index in [4.69, 9.17) is 21.1 Å². The van der Waals surface area contributed by atoms with Crippen LogP contribution in [0.2, 0.25) is 5.02 Å². The fourth-order valence-electron chi connectivity index (χ4n) is 4.98. The summed E-state index contributed by atoms with van der Waals surface area (Å²) in [5, 5.41) is 0.346. The van der Waals surface area contributed by atoms with Crippen LogP contribution >= 0.6 is 11.6 Å². The maximum Gasteiger partial charge on any atom is 0.211 e. The molecule has 1 aliphatic heterocycles. The van der Waals surface area contributed by atoms with Crippen molar-refractivity contribution in [2.24, 2.45) is 5.92 Å². The van der Waals surface area contributed by atoms with Crippen molar-refractivity contribution < 1.29 is 35.1 Å². The van der Waals surface area contributed by atoms with Crippen molar-refractivity contribution in [2.45, 2.75) is 41.9 Å². The Bertz CT molecular complexity index is 1300. The number of sulfonamides is 1. The molecule has 0 aromatic heterocycles. The molecule has 0 bridgehead atoms. The third-order valence-electron chi connectivity index (χ3n) is 6.72. The lowest BCUT2D eigenvalue weighted by Crippen LogP contribution is -2.53. The van der Waals surface area contributed by atoms with Gasteiger partial charge in [-0.25, -0.2) is 30.3 Å². The number of hydrogen-bond donors (Lipinski definition) is 1. The van der Waals surface area contributed by atoms with Gasteiger partial charge in [-0.1, -0.05) is 11.6 Å². The highest BCUT2D eigenvalue weighted by Crippen LogP contribution is 2.56. The first-order valence-corrected chi connectivity index (χ1v) is 14.7. The Hall–Kier alpha value is -1.79. The molecule has 0 spiro atoms. The predicted octanol–water partition coefficient (Wildman–Crippen LogP) is 3.80. The molecule has 0 unspecified atom stereocenters. The summed E-state index contributed by atoms with van der Waals surface area (Å²) >= 11 is 5.94. The van der Waals surface area contributed by atoms with Gasteiger partial charge in [0.2, 0.25) is 10.0 Å². The molecule has 35 heavy (non-hydrogen) atoms. The normalized spacial score (nSPS) is 24.3. The number of benzene rings is 2. The number of rotatable bonds is 8. The lowest BCUT2D eigenvalue weighted by atomic mass is 9.72. The summed E-state index contributed by atoms with van der Waals surface area (Å²) in [5.41, 5.74) is -0.294. The van der Waals surface area contributed by atoms with Crippen LogP contribution in [0.3, 0.4) is 0 Å². The standard InChI is InChI=1S/C23H26ClF2NO6S2/c1-2-34(28,29)27-11-12-32-17-9-10-23(35(30,31)18-5-3-16(24)4-6-18)15(13-17)14-33-22-20(26)8-7-19(25)21(22)23/h3-8,15,17,27H,2,9-14H2,1H3/t15-,17-,23+/m1/s1. The van der Waals surface area contributed by atoms with E-state index in [1.54, 1.807) is 0 Å². The van der Waals surface area contributed by atoms with E-state index >= 15 is 4.39 Å². The van der Waals surface area contributed by atoms with Crippen molar-refractivity contribution in [1.29, 1.82) is 0 Å². The lowest BCUT2D eigenvalue weighted by Gasteiger charge is -2.48. The summed E-state index contributed by atoms with van der Waals surface area (Å²) in [6.45, 7) is 1.55. The van der Waals surface area contributed by atoms with Gasteiger partial charge in [-0.2, -0.15) is 0 Å². The van der Waals surface area contributed by atoms with Crippen LogP contribution in [-0.2, 0) is 29.3 Å². The molecule has 0 radical (unpaired) electrons. The molecular formula is C23H26ClF2NO6S2. The third kappa shape index (κ3) is 4.81. The second-order valence-electron chi connectivity index (χ2n) is 8.65. The smallest absolute Gasteiger partial charge is 0.211 e. The van der Waals surface area contributed by atoms with E-state index in [1.807, 2.05) is 0 Å². The molecule has 4 rings (SSSR count). The van der Waals surface area contributed by atoms with Crippen LogP contribution in [0.5, 0.6) is 5.75 Å². The molecule has 2 aromatic carbocycles. The van der Waals surface area contributed by atoms with Crippen molar-refractivity contribution >= 4 is 31.5 Å². The molecular weight excluding hydrogens is 524 g/mol. The zero-order valence-electron chi connectivity index (χ0n) is 19.0. The fraction of sp³-hybridized carbons (Fsp3) is 0.478. The highest BCUT2D eigenvalue weighted by molar-refractivity contribution is 7.92. The average Bonchev–Trinajstić information content (AvgIpc) is 2.83. The van der Waals surface area contributed by atoms with Crippen LogP contribution in [0, 0.1) is 17.6 Å². The zero-order valence-corrected chi connectivity index (χ0v) is 21.4. The molecule has 2 aromatic rings. The Kier molecular flexibility index (Phi) is 7.46. The van der Waals surface area contributed by atoms with Gasteiger partial charge >= 0.3 is 0 Å². The van der Waals surface area contributed by atoms with Gasteiger partial charge in [0, 0.05) is 17.5 Å². The molecule has 1 saturated carbocycles. The summed E-state index contributed by atoms with van der Waals surface area (Å²) in [4.78, 5) is -0.0447. The fourth-order valence-corrected chi connectivity index (χ4v) is 8.07. The van der Waals surface area contributed by atoms with Gasteiger partial charge < -0.3 is 9.47 Å². The highest BCUT2D eigenvalue weighted by Gasteiger charge is 2.59. The van der Waals surface area contributed by atoms with Gasteiger partial charge in [-0.15, -0.1) is 0 Å². The van der Waals surface area contributed by atoms with Crippen LogP contribution in [-0.4, -0.2) is 48.5 Å². The molecule has 1 heterocycles. The van der Waals surface area contributed by atoms with Gasteiger partial charge in [0.25, 0.3) is 0 Å². The summed E-state index contributed by atoms with van der Waals surface area (Å²) in [5.74, 6) is -2.84. The molecule has 1 fully saturated rings. The minimum absolute atomic E-state index is 0.0231. The molecule has 3 atom stereocenters. The minimum Gasteiger partial charge on any atom is -0.490 e. The maximum absolute atomic E-state index is 15.2. The van der Waals surface area contributed by atoms with Crippen LogP contribution in [0.25, 0.3) is 0 Å². The number of ether oxygens (including phenoxy) is 2. The topological polar surface area (TPSA) is 98.8 Å². The first kappa shape index (κ1) is 26.3. The Morgan fingerprint density at radius 3 is 2.49 bits per heavy atom. The van der Waals surface area contributed by atoms with Crippen molar-refractivity contribution in [3.8, 4) is 5.75 Å². The number of halogens is 3. The maximum atomic E-state index is 15.2. The highest BCUT2D eigenvalue weighted by atomic mass is 35.5. The average molecular weight is 550 g/mol. The van der Waals surface area contributed by atoms with Gasteiger partial charge in [0.1, 0.15) is 10.6 Å². The Labute approximate surface area is 208 Å². The van der Waals surface area contributed by atoms with E-state index < -0.39 is 48.3 Å². The SMILES string of the molecule is CCS(=O)(=O)NCCO[C@@H]1CC[C@@]2(S(=O)(=O)c3ccc(Cl)cc3)c3c(F)ccc(F)c3OC[C@H]2C1. The van der Waals surface area contributed by atoms with Crippen LogP contribution in [0.1, 0.15) is 31.7 Å². The first-order chi connectivity index (χ1) is 16.5. The van der Waals surface area contributed by atoms with E-state index in [1.165, 1.54) is 31.2 Å². The van der Waals surface area contributed by atoms with Gasteiger partial charge in [0.15, 0.2) is 21.4 Å². The number of sulfone groups is 1. The van der Waals surface area contributed by atoms with Gasteiger partial charge in [-0.3, -0.25) is 0 Å². The van der Waals surface area contributed by atoms with E-state index in [-0.39, 0.29) is 61.0 Å². The monoisotopic (exact) mass is 549 g/mol. The number of nitrogens with one attached hydrogen (secondary N) is 1. The minimum atomic E-state index is -4.22. The van der Waals surface area contributed by atoms with Crippen molar-refractivity contribution in [3.05, 3.63) is 58.6 Å². The van der Waals surface area contributed by atoms with Crippen LogP contribution in [0.4, 0.5) is 8.78 Å². The predicted molar refractivity (Wildman–Crippen MR) is 127 cm³/mol. The molecule has 2 aliphatic rings. The van der Waals surface area contributed by atoms with E-state index in [0.29, 0.717) is 5.02 Å². The lowest BCUT2D eigenvalue weighted by molar-refractivity contribution is -0.0129. The van der Waals surface area contributed by atoms with E-state index in [9.17, 15) is 21.2 Å². The van der Waals surface area contributed by atoms with Crippen LogP contribution < -0.4 is 9.46 Å². The molecule has 1 aliphatic carbocycles. The van der Waals surface area contributed by atoms with Crippen molar-refractivity contribution in [1.82, 2.24) is 4.72 Å². The van der Waals surface area contributed by atoms with E-state index in [2.05, 4.69) is 4.72 Å².